The number of hydrogen-bond acceptors (Lipinski definition) is 3. The van der Waals surface area contributed by atoms with Gasteiger partial charge in [0.15, 0.2) is 0 Å². The number of anilines is 1. The van der Waals surface area contributed by atoms with E-state index in [2.05, 4.69) is 5.32 Å². The van der Waals surface area contributed by atoms with E-state index in [9.17, 15) is 9.59 Å². The number of ether oxygens (including phenoxy) is 1. The summed E-state index contributed by atoms with van der Waals surface area (Å²) in [5, 5.41) is 4.01. The molecule has 1 aliphatic heterocycles. The van der Waals surface area contributed by atoms with Crippen LogP contribution < -0.4 is 5.32 Å². The smallest absolute Gasteiger partial charge is 0.322 e. The molecule has 4 rings (SSSR count). The monoisotopic (exact) mass is 448 g/mol. The van der Waals surface area contributed by atoms with E-state index in [1.165, 1.54) is 0 Å². The van der Waals surface area contributed by atoms with E-state index >= 15 is 0 Å². The second kappa shape index (κ2) is 10.1. The number of carbonyl (C=O) groups is 2. The summed E-state index contributed by atoms with van der Waals surface area (Å²) in [5.41, 5.74) is 2.78. The van der Waals surface area contributed by atoms with Crippen molar-refractivity contribution in [3.8, 4) is 0 Å². The SMILES string of the molecule is CCN(CC)C(=O)Cn1ccc2cc(NC(=O)N3CC(C)OC(c4ccccc4)C3)ccc21. The quantitative estimate of drug-likeness (QED) is 0.604. The van der Waals surface area contributed by atoms with E-state index < -0.39 is 0 Å². The zero-order valence-electron chi connectivity index (χ0n) is 19.5. The van der Waals surface area contributed by atoms with Crippen molar-refractivity contribution in [3.05, 3.63) is 66.4 Å². The maximum Gasteiger partial charge on any atom is 0.322 e. The van der Waals surface area contributed by atoms with Crippen molar-refractivity contribution in [3.63, 3.8) is 0 Å². The Morgan fingerprint density at radius 2 is 1.82 bits per heavy atom. The molecule has 174 valence electrons. The lowest BCUT2D eigenvalue weighted by Crippen LogP contribution is -2.47. The van der Waals surface area contributed by atoms with E-state index in [4.69, 9.17) is 4.74 Å². The van der Waals surface area contributed by atoms with E-state index in [-0.39, 0.29) is 24.1 Å². The minimum absolute atomic E-state index is 0.0467. The van der Waals surface area contributed by atoms with E-state index in [1.807, 2.05) is 95.9 Å². The fraction of sp³-hybridized carbons (Fsp3) is 0.385. The second-order valence-corrected chi connectivity index (χ2v) is 8.46. The van der Waals surface area contributed by atoms with Crippen molar-refractivity contribution in [2.45, 2.75) is 39.5 Å². The number of benzene rings is 2. The third-order valence-corrected chi connectivity index (χ3v) is 6.16. The van der Waals surface area contributed by atoms with Gasteiger partial charge >= 0.3 is 6.03 Å². The van der Waals surface area contributed by atoms with Gasteiger partial charge in [-0.25, -0.2) is 4.79 Å². The number of hydrogen-bond donors (Lipinski definition) is 1. The predicted molar refractivity (Wildman–Crippen MR) is 130 cm³/mol. The Morgan fingerprint density at radius 3 is 2.55 bits per heavy atom. The van der Waals surface area contributed by atoms with Crippen molar-refractivity contribution < 1.29 is 14.3 Å². The van der Waals surface area contributed by atoms with Gasteiger partial charge in [0, 0.05) is 42.4 Å². The molecule has 1 N–H and O–H groups in total. The zero-order valence-corrected chi connectivity index (χ0v) is 19.5. The Bertz CT molecular complexity index is 1110. The highest BCUT2D eigenvalue weighted by molar-refractivity contribution is 5.93. The number of amides is 3. The maximum atomic E-state index is 13.0. The average Bonchev–Trinajstić information content (AvgIpc) is 3.21. The zero-order chi connectivity index (χ0) is 23.4. The molecule has 2 heterocycles. The molecular formula is C26H32N4O3. The van der Waals surface area contributed by atoms with Crippen LogP contribution in [-0.4, -0.2) is 58.6 Å². The number of morpholine rings is 1. The van der Waals surface area contributed by atoms with Crippen molar-refractivity contribution in [2.75, 3.05) is 31.5 Å². The summed E-state index contributed by atoms with van der Waals surface area (Å²) in [5.74, 6) is 0.101. The lowest BCUT2D eigenvalue weighted by molar-refractivity contribution is -0.131. The molecule has 0 saturated carbocycles. The maximum absolute atomic E-state index is 13.0. The van der Waals surface area contributed by atoms with E-state index in [1.54, 1.807) is 0 Å². The lowest BCUT2D eigenvalue weighted by Gasteiger charge is -2.37. The van der Waals surface area contributed by atoms with Crippen LogP contribution in [0.1, 0.15) is 32.4 Å². The molecule has 7 nitrogen and oxygen atoms in total. The second-order valence-electron chi connectivity index (χ2n) is 8.46. The minimum atomic E-state index is -0.138. The molecule has 0 radical (unpaired) electrons. The molecule has 3 aromatic rings. The number of nitrogens with one attached hydrogen (secondary N) is 1. The van der Waals surface area contributed by atoms with Crippen LogP contribution in [0.25, 0.3) is 10.9 Å². The molecular weight excluding hydrogens is 416 g/mol. The number of urea groups is 1. The Labute approximate surface area is 194 Å². The van der Waals surface area contributed by atoms with Gasteiger partial charge in [-0.2, -0.15) is 0 Å². The summed E-state index contributed by atoms with van der Waals surface area (Å²) in [4.78, 5) is 29.1. The van der Waals surface area contributed by atoms with Crippen LogP contribution in [0.3, 0.4) is 0 Å². The van der Waals surface area contributed by atoms with Crippen molar-refractivity contribution in [2.24, 2.45) is 0 Å². The van der Waals surface area contributed by atoms with Gasteiger partial charge in [0.1, 0.15) is 12.6 Å². The van der Waals surface area contributed by atoms with Crippen LogP contribution in [0.5, 0.6) is 0 Å². The first-order valence-electron chi connectivity index (χ1n) is 11.6. The van der Waals surface area contributed by atoms with Gasteiger partial charge in [-0.1, -0.05) is 30.3 Å². The van der Waals surface area contributed by atoms with Crippen molar-refractivity contribution >= 4 is 28.5 Å². The molecule has 0 aliphatic carbocycles. The molecule has 3 amide bonds. The molecule has 1 aromatic heterocycles. The molecule has 1 saturated heterocycles. The Hall–Kier alpha value is -3.32. The summed E-state index contributed by atoms with van der Waals surface area (Å²) in [7, 11) is 0. The fourth-order valence-electron chi connectivity index (χ4n) is 4.41. The number of aromatic nitrogens is 1. The van der Waals surface area contributed by atoms with Crippen molar-refractivity contribution in [1.29, 1.82) is 0 Å². The van der Waals surface area contributed by atoms with Crippen LogP contribution in [0.15, 0.2) is 60.8 Å². The van der Waals surface area contributed by atoms with Gasteiger partial charge in [0.25, 0.3) is 0 Å². The highest BCUT2D eigenvalue weighted by atomic mass is 16.5. The molecule has 0 spiro atoms. The largest absolute Gasteiger partial charge is 0.367 e. The first-order valence-corrected chi connectivity index (χ1v) is 11.6. The van der Waals surface area contributed by atoms with Crippen LogP contribution in [0.2, 0.25) is 0 Å². The summed E-state index contributed by atoms with van der Waals surface area (Å²) in [6.45, 7) is 8.73. The molecule has 33 heavy (non-hydrogen) atoms. The number of fused-ring (bicyclic) bond motifs is 1. The molecule has 1 fully saturated rings. The lowest BCUT2D eigenvalue weighted by atomic mass is 10.1. The van der Waals surface area contributed by atoms with Gasteiger partial charge in [0.2, 0.25) is 5.91 Å². The number of likely N-dealkylation sites (N-methyl/N-ethyl adjacent to an activating group) is 1. The number of rotatable bonds is 6. The molecule has 7 heteroatoms. The third-order valence-electron chi connectivity index (χ3n) is 6.16. The fourth-order valence-corrected chi connectivity index (χ4v) is 4.41. The predicted octanol–water partition coefficient (Wildman–Crippen LogP) is 4.50. The van der Waals surface area contributed by atoms with Gasteiger partial charge in [-0.15, -0.1) is 0 Å². The van der Waals surface area contributed by atoms with Gasteiger partial charge in [-0.05, 0) is 50.6 Å². The molecule has 2 atom stereocenters. The van der Waals surface area contributed by atoms with Crippen LogP contribution in [0.4, 0.5) is 10.5 Å². The summed E-state index contributed by atoms with van der Waals surface area (Å²) < 4.78 is 8.03. The van der Waals surface area contributed by atoms with Gasteiger partial charge < -0.3 is 24.4 Å². The Kier molecular flexibility index (Phi) is 6.99. The first-order chi connectivity index (χ1) is 16.0. The summed E-state index contributed by atoms with van der Waals surface area (Å²) in [6.07, 6.45) is 1.74. The van der Waals surface area contributed by atoms with E-state index in [0.717, 1.165) is 22.2 Å². The molecule has 1 aliphatic rings. The number of carbonyl (C=O) groups excluding carboxylic acids is 2. The molecule has 0 bridgehead atoms. The van der Waals surface area contributed by atoms with Crippen LogP contribution >= 0.6 is 0 Å². The van der Waals surface area contributed by atoms with Gasteiger partial charge in [0.05, 0.1) is 12.6 Å². The highest BCUT2D eigenvalue weighted by Gasteiger charge is 2.29. The van der Waals surface area contributed by atoms with Crippen LogP contribution in [0, 0.1) is 0 Å². The summed E-state index contributed by atoms with van der Waals surface area (Å²) in [6, 6.07) is 17.6. The topological polar surface area (TPSA) is 66.8 Å². The van der Waals surface area contributed by atoms with Crippen molar-refractivity contribution in [1.82, 2.24) is 14.4 Å². The van der Waals surface area contributed by atoms with Crippen LogP contribution in [-0.2, 0) is 16.1 Å². The third kappa shape index (κ3) is 5.20. The Balaban J connectivity index is 1.44. The normalized spacial score (nSPS) is 18.3. The standard InChI is InChI=1S/C26H32N4O3/c1-4-28(5-2)25(31)18-29-14-13-21-15-22(11-12-23(21)29)27-26(32)30-16-19(3)33-24(17-30)20-9-7-6-8-10-20/h6-15,19,24H,4-5,16-18H2,1-3H3,(H,27,32). The Morgan fingerprint density at radius 1 is 1.06 bits per heavy atom. The minimum Gasteiger partial charge on any atom is -0.367 e. The average molecular weight is 449 g/mol. The number of nitrogens with zero attached hydrogens (tertiary/aromatic N) is 3. The molecule has 2 aromatic carbocycles. The highest BCUT2D eigenvalue weighted by Crippen LogP contribution is 2.26. The molecule has 2 unspecified atom stereocenters. The first kappa shape index (κ1) is 22.9. The van der Waals surface area contributed by atoms with E-state index in [0.29, 0.717) is 32.7 Å². The van der Waals surface area contributed by atoms with Gasteiger partial charge in [-0.3, -0.25) is 4.79 Å². The summed E-state index contributed by atoms with van der Waals surface area (Å²) >= 11 is 0.